The molecule has 0 saturated heterocycles. The molecule has 0 atom stereocenters. The van der Waals surface area contributed by atoms with E-state index in [0.29, 0.717) is 19.6 Å². The maximum atomic E-state index is 11.2. The van der Waals surface area contributed by atoms with Crippen LogP contribution in [0.3, 0.4) is 0 Å². The topological polar surface area (TPSA) is 76.0 Å². The van der Waals surface area contributed by atoms with Crippen molar-refractivity contribution in [2.75, 3.05) is 19.3 Å². The Morgan fingerprint density at radius 2 is 1.75 bits per heavy atom. The summed E-state index contributed by atoms with van der Waals surface area (Å²) >= 11 is 0. The Hall–Kier alpha value is -2.48. The molecule has 7 heteroatoms. The third-order valence-corrected chi connectivity index (χ3v) is 5.30. The molecular weight excluding hydrogens is 372 g/mol. The average molecular weight is 399 g/mol. The molecule has 0 saturated carbocycles. The molecule has 1 heterocycles. The van der Waals surface area contributed by atoms with Crippen LogP contribution in [0, 0.1) is 13.8 Å². The van der Waals surface area contributed by atoms with Gasteiger partial charge in [0.1, 0.15) is 0 Å². The minimum atomic E-state index is -3.17. The molecule has 0 aliphatic heterocycles. The zero-order chi connectivity index (χ0) is 20.1. The number of nitrogens with one attached hydrogen (secondary N) is 2. The van der Waals surface area contributed by atoms with Crippen molar-refractivity contribution in [1.29, 1.82) is 0 Å². The van der Waals surface area contributed by atoms with Gasteiger partial charge >= 0.3 is 0 Å². The van der Waals surface area contributed by atoms with E-state index in [2.05, 4.69) is 42.1 Å². The highest BCUT2D eigenvalue weighted by molar-refractivity contribution is 7.88. The van der Waals surface area contributed by atoms with Crippen molar-refractivity contribution in [3.63, 3.8) is 0 Å². The Bertz CT molecular complexity index is 1040. The predicted molar refractivity (Wildman–Crippen MR) is 113 cm³/mol. The number of benzene rings is 2. The van der Waals surface area contributed by atoms with Crippen molar-refractivity contribution in [3.8, 4) is 16.9 Å². The summed E-state index contributed by atoms with van der Waals surface area (Å²) in [5.74, 6) is 0. The number of hydrogen-bond acceptors (Lipinski definition) is 4. The van der Waals surface area contributed by atoms with Crippen LogP contribution in [0.5, 0.6) is 0 Å². The third kappa shape index (κ3) is 5.28. The van der Waals surface area contributed by atoms with E-state index < -0.39 is 10.0 Å². The molecule has 0 unspecified atom stereocenters. The van der Waals surface area contributed by atoms with Crippen LogP contribution in [0.15, 0.2) is 54.7 Å². The van der Waals surface area contributed by atoms with Crippen molar-refractivity contribution in [2.24, 2.45) is 0 Å². The number of nitrogens with zero attached hydrogens (tertiary/aromatic N) is 2. The molecule has 0 bridgehead atoms. The molecule has 6 nitrogen and oxygen atoms in total. The van der Waals surface area contributed by atoms with Gasteiger partial charge in [0.15, 0.2) is 0 Å². The zero-order valence-corrected chi connectivity index (χ0v) is 17.3. The maximum Gasteiger partial charge on any atom is 0.208 e. The largest absolute Gasteiger partial charge is 0.311 e. The van der Waals surface area contributed by atoms with Gasteiger partial charge in [0.2, 0.25) is 10.0 Å². The summed E-state index contributed by atoms with van der Waals surface area (Å²) in [6.45, 7) is 5.68. The minimum absolute atomic E-state index is 0.352. The summed E-state index contributed by atoms with van der Waals surface area (Å²) in [7, 11) is -3.17. The second kappa shape index (κ2) is 8.68. The number of para-hydroxylation sites is 1. The average Bonchev–Trinajstić information content (AvgIpc) is 3.08. The first kappa shape index (κ1) is 20.3. The molecule has 0 amide bonds. The van der Waals surface area contributed by atoms with E-state index >= 15 is 0 Å². The third-order valence-electron chi connectivity index (χ3n) is 4.57. The van der Waals surface area contributed by atoms with Crippen LogP contribution in [0.1, 0.15) is 16.7 Å². The van der Waals surface area contributed by atoms with Gasteiger partial charge in [-0.2, -0.15) is 5.10 Å². The lowest BCUT2D eigenvalue weighted by atomic mass is 10.0. The van der Waals surface area contributed by atoms with E-state index in [4.69, 9.17) is 5.10 Å². The molecular formula is C21H26N4O2S. The summed E-state index contributed by atoms with van der Waals surface area (Å²) < 4.78 is 26.7. The molecule has 0 radical (unpaired) electrons. The Kier molecular flexibility index (Phi) is 6.28. The van der Waals surface area contributed by atoms with Gasteiger partial charge in [-0.3, -0.25) is 0 Å². The number of hydrogen-bond donors (Lipinski definition) is 2. The Labute approximate surface area is 166 Å². The monoisotopic (exact) mass is 398 g/mol. The Morgan fingerprint density at radius 1 is 1.00 bits per heavy atom. The van der Waals surface area contributed by atoms with Crippen molar-refractivity contribution < 1.29 is 8.42 Å². The highest BCUT2D eigenvalue weighted by Crippen LogP contribution is 2.25. The Balaban J connectivity index is 1.84. The van der Waals surface area contributed by atoms with Crippen LogP contribution in [-0.2, 0) is 16.6 Å². The molecule has 0 spiro atoms. The molecule has 3 aromatic rings. The normalized spacial score (nSPS) is 11.7. The lowest BCUT2D eigenvalue weighted by molar-refractivity contribution is 0.582. The lowest BCUT2D eigenvalue weighted by Gasteiger charge is -2.07. The van der Waals surface area contributed by atoms with Gasteiger partial charge in [-0.15, -0.1) is 0 Å². The van der Waals surface area contributed by atoms with Crippen molar-refractivity contribution in [3.05, 3.63) is 71.4 Å². The molecule has 0 aliphatic carbocycles. The van der Waals surface area contributed by atoms with E-state index in [0.717, 1.165) is 28.8 Å². The quantitative estimate of drug-likeness (QED) is 0.572. The predicted octanol–water partition coefficient (Wildman–Crippen LogP) is 2.79. The molecule has 1 aromatic heterocycles. The van der Waals surface area contributed by atoms with Crippen LogP contribution in [0.25, 0.3) is 16.9 Å². The highest BCUT2D eigenvalue weighted by atomic mass is 32.2. The molecule has 2 aromatic carbocycles. The van der Waals surface area contributed by atoms with E-state index in [1.807, 2.05) is 41.2 Å². The molecule has 28 heavy (non-hydrogen) atoms. The van der Waals surface area contributed by atoms with Crippen LogP contribution in [0.4, 0.5) is 0 Å². The zero-order valence-electron chi connectivity index (χ0n) is 16.4. The van der Waals surface area contributed by atoms with Crippen LogP contribution < -0.4 is 10.0 Å². The minimum Gasteiger partial charge on any atom is -0.311 e. The molecule has 0 fully saturated rings. The van der Waals surface area contributed by atoms with Crippen LogP contribution in [0.2, 0.25) is 0 Å². The van der Waals surface area contributed by atoms with E-state index in [-0.39, 0.29) is 0 Å². The summed E-state index contributed by atoms with van der Waals surface area (Å²) in [5, 5.41) is 8.12. The summed E-state index contributed by atoms with van der Waals surface area (Å²) in [4.78, 5) is 0. The van der Waals surface area contributed by atoms with Crippen molar-refractivity contribution in [1.82, 2.24) is 19.8 Å². The standard InChI is InChI=1S/C21H26N4O2S/c1-16-9-10-18(13-17(16)2)21-19(14-22-11-12-23-28(3,26)27)15-25(24-21)20-7-5-4-6-8-20/h4-10,13,15,22-23H,11-12,14H2,1-3H3. The van der Waals surface area contributed by atoms with Gasteiger partial charge in [-0.1, -0.05) is 30.3 Å². The second-order valence-corrected chi connectivity index (χ2v) is 8.76. The van der Waals surface area contributed by atoms with Crippen molar-refractivity contribution >= 4 is 10.0 Å². The van der Waals surface area contributed by atoms with Gasteiger partial charge < -0.3 is 5.32 Å². The van der Waals surface area contributed by atoms with E-state index in [1.54, 1.807) is 0 Å². The van der Waals surface area contributed by atoms with Gasteiger partial charge in [0.25, 0.3) is 0 Å². The fourth-order valence-electron chi connectivity index (χ4n) is 2.93. The fourth-order valence-corrected chi connectivity index (χ4v) is 3.40. The summed E-state index contributed by atoms with van der Waals surface area (Å²) in [6, 6.07) is 16.3. The van der Waals surface area contributed by atoms with Crippen LogP contribution in [-0.4, -0.2) is 37.5 Å². The number of aromatic nitrogens is 2. The number of aryl methyl sites for hydroxylation is 2. The lowest BCUT2D eigenvalue weighted by Crippen LogP contribution is -2.30. The first-order valence-electron chi connectivity index (χ1n) is 9.20. The van der Waals surface area contributed by atoms with Gasteiger partial charge in [0, 0.05) is 37.0 Å². The van der Waals surface area contributed by atoms with Crippen molar-refractivity contribution in [2.45, 2.75) is 20.4 Å². The SMILES string of the molecule is Cc1ccc(-c2nn(-c3ccccc3)cc2CNCCNS(C)(=O)=O)cc1C. The van der Waals surface area contributed by atoms with E-state index in [1.165, 1.54) is 11.1 Å². The van der Waals surface area contributed by atoms with Gasteiger partial charge in [-0.05, 0) is 43.2 Å². The molecule has 2 N–H and O–H groups in total. The molecule has 148 valence electrons. The first-order valence-corrected chi connectivity index (χ1v) is 11.1. The number of rotatable bonds is 8. The smallest absolute Gasteiger partial charge is 0.208 e. The first-order chi connectivity index (χ1) is 13.3. The van der Waals surface area contributed by atoms with E-state index in [9.17, 15) is 8.42 Å². The summed E-state index contributed by atoms with van der Waals surface area (Å²) in [6.07, 6.45) is 3.19. The number of sulfonamides is 1. The molecule has 0 aliphatic rings. The van der Waals surface area contributed by atoms with Crippen LogP contribution >= 0.6 is 0 Å². The maximum absolute atomic E-state index is 11.2. The van der Waals surface area contributed by atoms with Gasteiger partial charge in [-0.25, -0.2) is 17.8 Å². The van der Waals surface area contributed by atoms with Gasteiger partial charge in [0.05, 0.1) is 17.6 Å². The Morgan fingerprint density at radius 3 is 2.43 bits per heavy atom. The highest BCUT2D eigenvalue weighted by Gasteiger charge is 2.13. The molecule has 3 rings (SSSR count). The fraction of sp³-hybridized carbons (Fsp3) is 0.286. The summed E-state index contributed by atoms with van der Waals surface area (Å²) in [5.41, 5.74) is 6.53. The second-order valence-electron chi connectivity index (χ2n) is 6.93.